The Labute approximate surface area is 109 Å². The van der Waals surface area contributed by atoms with E-state index in [4.69, 9.17) is 5.73 Å². The Morgan fingerprint density at radius 1 is 1.33 bits per heavy atom. The van der Waals surface area contributed by atoms with Crippen LogP contribution in [0.1, 0.15) is 18.1 Å². The van der Waals surface area contributed by atoms with Crippen LogP contribution in [0.15, 0.2) is 18.2 Å². The Bertz CT molecular complexity index is 416. The number of nitrogens with zero attached hydrogens (tertiary/aromatic N) is 2. The zero-order valence-electron chi connectivity index (χ0n) is 11.7. The Balaban J connectivity index is 2.91. The van der Waals surface area contributed by atoms with Gasteiger partial charge in [-0.25, -0.2) is 0 Å². The molecule has 1 amide bonds. The minimum atomic E-state index is 0.110. The third-order valence-corrected chi connectivity index (χ3v) is 3.04. The average Bonchev–Trinajstić information content (AvgIpc) is 2.35. The van der Waals surface area contributed by atoms with Gasteiger partial charge in [0.1, 0.15) is 0 Å². The summed E-state index contributed by atoms with van der Waals surface area (Å²) in [5.41, 5.74) is 9.00. The zero-order valence-corrected chi connectivity index (χ0v) is 11.7. The van der Waals surface area contributed by atoms with Gasteiger partial charge >= 0.3 is 0 Å². The highest BCUT2D eigenvalue weighted by Crippen LogP contribution is 2.21. The topological polar surface area (TPSA) is 49.6 Å². The van der Waals surface area contributed by atoms with E-state index in [1.807, 2.05) is 12.1 Å². The van der Waals surface area contributed by atoms with Crippen LogP contribution in [0.3, 0.4) is 0 Å². The second-order valence-electron chi connectivity index (χ2n) is 4.63. The molecule has 0 fully saturated rings. The summed E-state index contributed by atoms with van der Waals surface area (Å²) in [5, 5.41) is 0. The molecule has 1 aromatic rings. The molecular weight excluding hydrogens is 226 g/mol. The van der Waals surface area contributed by atoms with Gasteiger partial charge in [-0.1, -0.05) is 12.1 Å². The fourth-order valence-electron chi connectivity index (χ4n) is 1.87. The highest BCUT2D eigenvalue weighted by molar-refractivity contribution is 5.81. The smallest absolute Gasteiger partial charge is 0.241 e. The maximum atomic E-state index is 11.8. The van der Waals surface area contributed by atoms with Crippen molar-refractivity contribution in [3.63, 3.8) is 0 Å². The summed E-state index contributed by atoms with van der Waals surface area (Å²) in [4.78, 5) is 15.5. The summed E-state index contributed by atoms with van der Waals surface area (Å²) < 4.78 is 0. The number of nitrogens with two attached hydrogens (primary N) is 1. The Hall–Kier alpha value is -1.55. The first-order valence-corrected chi connectivity index (χ1v) is 6.24. The predicted octanol–water partition coefficient (Wildman–Crippen LogP) is 1.37. The Kier molecular flexibility index (Phi) is 5.16. The second-order valence-corrected chi connectivity index (χ2v) is 4.63. The highest BCUT2D eigenvalue weighted by Gasteiger charge is 2.13. The fraction of sp³-hybridized carbons (Fsp3) is 0.500. The van der Waals surface area contributed by atoms with Crippen LogP contribution in [-0.4, -0.2) is 38.0 Å². The molecule has 2 N–H and O–H groups in total. The summed E-state index contributed by atoms with van der Waals surface area (Å²) in [6.45, 7) is 5.87. The molecular formula is C14H23N3O. The third-order valence-electron chi connectivity index (χ3n) is 3.04. The standard InChI is InChI=1S/C14H23N3O/c1-5-17(10-14(18)16(3)4)13-7-6-12(9-15)8-11(13)2/h6-8H,5,9-10,15H2,1-4H3. The van der Waals surface area contributed by atoms with Gasteiger partial charge in [-0.3, -0.25) is 4.79 Å². The maximum absolute atomic E-state index is 11.8. The molecule has 4 nitrogen and oxygen atoms in total. The van der Waals surface area contributed by atoms with Crippen LogP contribution >= 0.6 is 0 Å². The first-order chi connectivity index (χ1) is 8.49. The lowest BCUT2D eigenvalue weighted by Gasteiger charge is -2.26. The third kappa shape index (κ3) is 3.47. The molecule has 1 aromatic carbocycles. The molecule has 0 unspecified atom stereocenters. The molecule has 0 saturated heterocycles. The number of benzene rings is 1. The van der Waals surface area contributed by atoms with E-state index < -0.39 is 0 Å². The lowest BCUT2D eigenvalue weighted by atomic mass is 10.1. The Morgan fingerprint density at radius 3 is 2.44 bits per heavy atom. The molecule has 0 aliphatic heterocycles. The number of anilines is 1. The van der Waals surface area contributed by atoms with Gasteiger partial charge in [-0.05, 0) is 31.0 Å². The van der Waals surface area contributed by atoms with Gasteiger partial charge in [-0.2, -0.15) is 0 Å². The molecule has 18 heavy (non-hydrogen) atoms. The normalized spacial score (nSPS) is 10.3. The quantitative estimate of drug-likeness (QED) is 0.857. The van der Waals surface area contributed by atoms with E-state index >= 15 is 0 Å². The molecule has 0 bridgehead atoms. The number of hydrogen-bond acceptors (Lipinski definition) is 3. The number of aryl methyl sites for hydroxylation is 1. The molecule has 4 heteroatoms. The zero-order chi connectivity index (χ0) is 13.7. The van der Waals surface area contributed by atoms with Gasteiger partial charge < -0.3 is 15.5 Å². The van der Waals surface area contributed by atoms with Crippen molar-refractivity contribution >= 4 is 11.6 Å². The molecule has 0 atom stereocenters. The van der Waals surface area contributed by atoms with Gasteiger partial charge in [-0.15, -0.1) is 0 Å². The van der Waals surface area contributed by atoms with E-state index in [1.54, 1.807) is 19.0 Å². The fourth-order valence-corrected chi connectivity index (χ4v) is 1.87. The van der Waals surface area contributed by atoms with Gasteiger partial charge in [0.2, 0.25) is 5.91 Å². The summed E-state index contributed by atoms with van der Waals surface area (Å²) in [6, 6.07) is 6.15. The largest absolute Gasteiger partial charge is 0.362 e. The van der Waals surface area contributed by atoms with Gasteiger partial charge in [0.25, 0.3) is 0 Å². The molecule has 100 valence electrons. The van der Waals surface area contributed by atoms with Crippen molar-refractivity contribution in [1.29, 1.82) is 0 Å². The number of hydrogen-bond donors (Lipinski definition) is 1. The lowest BCUT2D eigenvalue weighted by Crippen LogP contribution is -2.36. The van der Waals surface area contributed by atoms with Crippen molar-refractivity contribution in [2.24, 2.45) is 5.73 Å². The van der Waals surface area contributed by atoms with Gasteiger partial charge in [0.05, 0.1) is 6.54 Å². The molecule has 0 saturated carbocycles. The molecule has 0 aromatic heterocycles. The SMILES string of the molecule is CCN(CC(=O)N(C)C)c1ccc(CN)cc1C. The van der Waals surface area contributed by atoms with Crippen molar-refractivity contribution in [3.05, 3.63) is 29.3 Å². The monoisotopic (exact) mass is 249 g/mol. The molecule has 1 rings (SSSR count). The number of likely N-dealkylation sites (N-methyl/N-ethyl adjacent to an activating group) is 2. The van der Waals surface area contributed by atoms with Crippen LogP contribution in [0.5, 0.6) is 0 Å². The van der Waals surface area contributed by atoms with E-state index in [-0.39, 0.29) is 5.91 Å². The number of carbonyl (C=O) groups excluding carboxylic acids is 1. The van der Waals surface area contributed by atoms with Gasteiger partial charge in [0.15, 0.2) is 0 Å². The van der Waals surface area contributed by atoms with E-state index in [9.17, 15) is 4.79 Å². The molecule has 0 radical (unpaired) electrons. The molecule has 0 aliphatic rings. The van der Waals surface area contributed by atoms with Crippen molar-refractivity contribution in [1.82, 2.24) is 4.90 Å². The number of carbonyl (C=O) groups is 1. The van der Waals surface area contributed by atoms with Crippen LogP contribution < -0.4 is 10.6 Å². The predicted molar refractivity (Wildman–Crippen MR) is 75.7 cm³/mol. The Morgan fingerprint density at radius 2 is 2.00 bits per heavy atom. The van der Waals surface area contributed by atoms with E-state index in [2.05, 4.69) is 24.8 Å². The van der Waals surface area contributed by atoms with E-state index in [0.717, 1.165) is 23.4 Å². The number of amides is 1. The highest BCUT2D eigenvalue weighted by atomic mass is 16.2. The van der Waals surface area contributed by atoms with Crippen LogP contribution in [-0.2, 0) is 11.3 Å². The summed E-state index contributed by atoms with van der Waals surface area (Å²) in [7, 11) is 3.56. The van der Waals surface area contributed by atoms with Crippen molar-refractivity contribution < 1.29 is 4.79 Å². The average molecular weight is 249 g/mol. The van der Waals surface area contributed by atoms with Crippen LogP contribution in [0, 0.1) is 6.92 Å². The molecule has 0 heterocycles. The molecule has 0 aliphatic carbocycles. The lowest BCUT2D eigenvalue weighted by molar-refractivity contribution is -0.127. The van der Waals surface area contributed by atoms with E-state index in [0.29, 0.717) is 13.1 Å². The first-order valence-electron chi connectivity index (χ1n) is 6.24. The number of rotatable bonds is 5. The summed E-state index contributed by atoms with van der Waals surface area (Å²) in [6.07, 6.45) is 0. The summed E-state index contributed by atoms with van der Waals surface area (Å²) >= 11 is 0. The van der Waals surface area contributed by atoms with Crippen molar-refractivity contribution in [3.8, 4) is 0 Å². The summed E-state index contributed by atoms with van der Waals surface area (Å²) in [5.74, 6) is 0.110. The maximum Gasteiger partial charge on any atom is 0.241 e. The van der Waals surface area contributed by atoms with Crippen LogP contribution in [0.4, 0.5) is 5.69 Å². The molecule has 0 spiro atoms. The minimum Gasteiger partial charge on any atom is -0.362 e. The minimum absolute atomic E-state index is 0.110. The van der Waals surface area contributed by atoms with Gasteiger partial charge in [0, 0.05) is 32.9 Å². The second kappa shape index (κ2) is 6.40. The van der Waals surface area contributed by atoms with Crippen molar-refractivity contribution in [2.45, 2.75) is 20.4 Å². The van der Waals surface area contributed by atoms with Crippen LogP contribution in [0.2, 0.25) is 0 Å². The van der Waals surface area contributed by atoms with Crippen LogP contribution in [0.25, 0.3) is 0 Å². The first kappa shape index (κ1) is 14.5. The van der Waals surface area contributed by atoms with E-state index in [1.165, 1.54) is 0 Å². The van der Waals surface area contributed by atoms with Crippen molar-refractivity contribution in [2.75, 3.05) is 32.1 Å².